The third kappa shape index (κ3) is 3.40. The molecule has 0 spiro atoms. The Morgan fingerprint density at radius 3 is 3.07 bits per heavy atom. The van der Waals surface area contributed by atoms with Crippen molar-refractivity contribution in [1.82, 2.24) is 10.2 Å². The fourth-order valence-corrected chi connectivity index (χ4v) is 1.63. The van der Waals surface area contributed by atoms with E-state index >= 15 is 0 Å². The van der Waals surface area contributed by atoms with Gasteiger partial charge in [-0.3, -0.25) is 0 Å². The summed E-state index contributed by atoms with van der Waals surface area (Å²) in [6.45, 7) is 3.06. The quantitative estimate of drug-likeness (QED) is 0.539. The number of hydrogen-bond donors (Lipinski definition) is 1. The lowest BCUT2D eigenvalue weighted by Gasteiger charge is -2.26. The van der Waals surface area contributed by atoms with Gasteiger partial charge in [0.15, 0.2) is 5.11 Å². The van der Waals surface area contributed by atoms with E-state index < -0.39 is 0 Å². The second kappa shape index (κ2) is 6.16. The second-order valence-corrected chi connectivity index (χ2v) is 3.74. The van der Waals surface area contributed by atoms with Gasteiger partial charge >= 0.3 is 0 Å². The van der Waals surface area contributed by atoms with Crippen molar-refractivity contribution < 1.29 is 9.47 Å². The zero-order valence-corrected chi connectivity index (χ0v) is 9.60. The Labute approximate surface area is 90.5 Å². The summed E-state index contributed by atoms with van der Waals surface area (Å²) in [5.74, 6) is 0. The topological polar surface area (TPSA) is 33.7 Å². The van der Waals surface area contributed by atoms with Gasteiger partial charge in [-0.2, -0.15) is 0 Å². The minimum atomic E-state index is 0.428. The Hall–Kier alpha value is -0.390. The van der Waals surface area contributed by atoms with Crippen LogP contribution < -0.4 is 5.32 Å². The van der Waals surface area contributed by atoms with Crippen molar-refractivity contribution in [2.75, 3.05) is 40.5 Å². The first-order valence-corrected chi connectivity index (χ1v) is 5.24. The van der Waals surface area contributed by atoms with Gasteiger partial charge in [-0.1, -0.05) is 0 Å². The number of methoxy groups -OCH3 is 1. The Kier molecular flexibility index (Phi) is 5.14. The van der Waals surface area contributed by atoms with E-state index in [4.69, 9.17) is 21.7 Å². The molecule has 1 heterocycles. The number of likely N-dealkylation sites (N-methyl/N-ethyl adjacent to an activating group) is 1. The Morgan fingerprint density at radius 2 is 2.50 bits per heavy atom. The number of thiocarbonyl (C=S) groups is 1. The van der Waals surface area contributed by atoms with Crippen molar-refractivity contribution in [3.63, 3.8) is 0 Å². The highest BCUT2D eigenvalue weighted by Crippen LogP contribution is 2.10. The first-order chi connectivity index (χ1) is 6.75. The maximum Gasteiger partial charge on any atom is 0.169 e. The highest BCUT2D eigenvalue weighted by Gasteiger charge is 2.21. The summed E-state index contributed by atoms with van der Waals surface area (Å²) in [5, 5.41) is 3.91. The molecular weight excluding hydrogens is 200 g/mol. The maximum absolute atomic E-state index is 5.30. The van der Waals surface area contributed by atoms with Gasteiger partial charge in [0.05, 0.1) is 19.3 Å². The minimum absolute atomic E-state index is 0.428. The molecule has 14 heavy (non-hydrogen) atoms. The van der Waals surface area contributed by atoms with Gasteiger partial charge < -0.3 is 19.7 Å². The van der Waals surface area contributed by atoms with E-state index in [1.807, 2.05) is 7.05 Å². The molecule has 0 aromatic heterocycles. The van der Waals surface area contributed by atoms with Crippen LogP contribution in [0.15, 0.2) is 0 Å². The summed E-state index contributed by atoms with van der Waals surface area (Å²) in [6.07, 6.45) is 1.06. The van der Waals surface area contributed by atoms with Crippen LogP contribution in [0.25, 0.3) is 0 Å². The average molecular weight is 218 g/mol. The van der Waals surface area contributed by atoms with Crippen LogP contribution in [-0.2, 0) is 9.47 Å². The first-order valence-electron chi connectivity index (χ1n) is 4.83. The minimum Gasteiger partial charge on any atom is -0.383 e. The van der Waals surface area contributed by atoms with E-state index in [-0.39, 0.29) is 0 Å². The van der Waals surface area contributed by atoms with Crippen LogP contribution in [0.4, 0.5) is 0 Å². The molecule has 0 saturated carbocycles. The lowest BCUT2D eigenvalue weighted by molar-refractivity contribution is 0.178. The molecule has 1 atom stereocenters. The summed E-state index contributed by atoms with van der Waals surface area (Å²) >= 11 is 5.23. The molecule has 0 bridgehead atoms. The SMILES string of the molecule is COCCNC(=S)N(C)C1CCOC1. The van der Waals surface area contributed by atoms with Crippen LogP contribution in [0.3, 0.4) is 0 Å². The average Bonchev–Trinajstić information content (AvgIpc) is 2.69. The molecule has 1 N–H and O–H groups in total. The highest BCUT2D eigenvalue weighted by molar-refractivity contribution is 7.80. The smallest absolute Gasteiger partial charge is 0.169 e. The van der Waals surface area contributed by atoms with Gasteiger partial charge in [-0.05, 0) is 18.6 Å². The van der Waals surface area contributed by atoms with Gasteiger partial charge in [-0.15, -0.1) is 0 Å². The van der Waals surface area contributed by atoms with E-state index in [2.05, 4.69) is 10.2 Å². The molecule has 1 unspecified atom stereocenters. The third-order valence-corrected chi connectivity index (χ3v) is 2.79. The molecule has 0 aromatic rings. The molecule has 1 aliphatic heterocycles. The predicted molar refractivity (Wildman–Crippen MR) is 59.5 cm³/mol. The molecule has 4 nitrogen and oxygen atoms in total. The molecule has 0 amide bonds. The van der Waals surface area contributed by atoms with Crippen LogP contribution >= 0.6 is 12.2 Å². The summed E-state index contributed by atoms with van der Waals surface area (Å²) < 4.78 is 10.2. The largest absolute Gasteiger partial charge is 0.383 e. The van der Waals surface area contributed by atoms with E-state index in [9.17, 15) is 0 Å². The van der Waals surface area contributed by atoms with Crippen molar-refractivity contribution in [2.45, 2.75) is 12.5 Å². The van der Waals surface area contributed by atoms with E-state index in [1.165, 1.54) is 0 Å². The molecule has 0 radical (unpaired) electrons. The van der Waals surface area contributed by atoms with Crippen molar-refractivity contribution in [1.29, 1.82) is 0 Å². The molecule has 0 aromatic carbocycles. The standard InChI is InChI=1S/C9H18N2O2S/c1-11(8-3-5-13-7-8)9(14)10-4-6-12-2/h8H,3-7H2,1-2H3,(H,10,14). The van der Waals surface area contributed by atoms with Gasteiger partial charge in [0.25, 0.3) is 0 Å². The monoisotopic (exact) mass is 218 g/mol. The normalized spacial score (nSPS) is 20.9. The Morgan fingerprint density at radius 1 is 1.71 bits per heavy atom. The van der Waals surface area contributed by atoms with Crippen molar-refractivity contribution in [2.24, 2.45) is 0 Å². The number of ether oxygens (including phenoxy) is 2. The van der Waals surface area contributed by atoms with E-state index in [1.54, 1.807) is 7.11 Å². The molecule has 1 rings (SSSR count). The first kappa shape index (κ1) is 11.7. The maximum atomic E-state index is 5.30. The summed E-state index contributed by atoms with van der Waals surface area (Å²) in [7, 11) is 3.68. The fraction of sp³-hybridized carbons (Fsp3) is 0.889. The Balaban J connectivity index is 2.21. The number of rotatable bonds is 4. The van der Waals surface area contributed by atoms with Gasteiger partial charge in [-0.25, -0.2) is 0 Å². The van der Waals surface area contributed by atoms with Gasteiger partial charge in [0.2, 0.25) is 0 Å². The molecule has 1 fully saturated rings. The highest BCUT2D eigenvalue weighted by atomic mass is 32.1. The third-order valence-electron chi connectivity index (χ3n) is 2.36. The van der Waals surface area contributed by atoms with Crippen LogP contribution in [0.1, 0.15) is 6.42 Å². The molecule has 1 aliphatic rings. The van der Waals surface area contributed by atoms with E-state index in [0.29, 0.717) is 12.6 Å². The fourth-order valence-electron chi connectivity index (χ4n) is 1.38. The van der Waals surface area contributed by atoms with Gasteiger partial charge in [0, 0.05) is 27.3 Å². The number of hydrogen-bond acceptors (Lipinski definition) is 3. The predicted octanol–water partition coefficient (Wildman–Crippen LogP) is 0.228. The molecule has 0 aliphatic carbocycles. The van der Waals surface area contributed by atoms with Gasteiger partial charge in [0.1, 0.15) is 0 Å². The van der Waals surface area contributed by atoms with Crippen LogP contribution in [-0.4, -0.2) is 56.6 Å². The Bertz CT molecular complexity index is 184. The van der Waals surface area contributed by atoms with Crippen LogP contribution in [0.5, 0.6) is 0 Å². The molecule has 82 valence electrons. The lowest BCUT2D eigenvalue weighted by atomic mass is 10.2. The summed E-state index contributed by atoms with van der Waals surface area (Å²) in [5.41, 5.74) is 0. The molecular formula is C9H18N2O2S. The number of nitrogens with zero attached hydrogens (tertiary/aromatic N) is 1. The van der Waals surface area contributed by atoms with Crippen molar-refractivity contribution >= 4 is 17.3 Å². The molecule has 1 saturated heterocycles. The van der Waals surface area contributed by atoms with Crippen LogP contribution in [0.2, 0.25) is 0 Å². The second-order valence-electron chi connectivity index (χ2n) is 3.35. The summed E-state index contributed by atoms with van der Waals surface area (Å²) in [4.78, 5) is 2.07. The molecule has 5 heteroatoms. The summed E-state index contributed by atoms with van der Waals surface area (Å²) in [6, 6.07) is 0.428. The zero-order chi connectivity index (χ0) is 10.4. The number of nitrogens with one attached hydrogen (secondary N) is 1. The zero-order valence-electron chi connectivity index (χ0n) is 8.78. The van der Waals surface area contributed by atoms with Crippen molar-refractivity contribution in [3.8, 4) is 0 Å². The van der Waals surface area contributed by atoms with Crippen LogP contribution in [0, 0.1) is 0 Å². The van der Waals surface area contributed by atoms with E-state index in [0.717, 1.165) is 31.3 Å². The lowest BCUT2D eigenvalue weighted by Crippen LogP contribution is -2.44. The van der Waals surface area contributed by atoms with Crippen molar-refractivity contribution in [3.05, 3.63) is 0 Å².